The fourth-order valence-electron chi connectivity index (χ4n) is 1.08. The number of primary amides is 1. The average molecular weight is 167 g/mol. The van der Waals surface area contributed by atoms with Crippen molar-refractivity contribution in [3.8, 4) is 0 Å². The fraction of sp³-hybridized carbons (Fsp3) is 0.222. The Morgan fingerprint density at radius 3 is 2.25 bits per heavy atom. The molecule has 0 aliphatic heterocycles. The summed E-state index contributed by atoms with van der Waals surface area (Å²) in [5.41, 5.74) is 6.01. The Morgan fingerprint density at radius 1 is 1.33 bits per heavy atom. The second-order valence-electron chi connectivity index (χ2n) is 2.75. The van der Waals surface area contributed by atoms with Gasteiger partial charge < -0.3 is 5.73 Å². The first kappa shape index (κ1) is 8.71. The number of halogens is 1. The minimum absolute atomic E-state index is 0.00463. The van der Waals surface area contributed by atoms with E-state index in [0.29, 0.717) is 11.1 Å². The zero-order chi connectivity index (χ0) is 9.30. The smallest absolute Gasteiger partial charge is 0.251 e. The van der Waals surface area contributed by atoms with Gasteiger partial charge in [0.25, 0.3) is 5.91 Å². The standard InChI is InChI=1S/C9H10FNO/c1-5-3-4-6(2)8(10)7(5)9(11)12/h3-4H,1-2H3,(H2,11,12). The topological polar surface area (TPSA) is 43.1 Å². The number of carbonyl (C=O) groups excluding carboxylic acids is 1. The molecule has 1 aromatic rings. The van der Waals surface area contributed by atoms with Crippen LogP contribution in [-0.4, -0.2) is 5.91 Å². The highest BCUT2D eigenvalue weighted by Crippen LogP contribution is 2.15. The molecule has 1 aromatic carbocycles. The summed E-state index contributed by atoms with van der Waals surface area (Å²) >= 11 is 0. The van der Waals surface area contributed by atoms with E-state index in [1.165, 1.54) is 0 Å². The van der Waals surface area contributed by atoms with Crippen LogP contribution in [-0.2, 0) is 0 Å². The minimum Gasteiger partial charge on any atom is -0.365 e. The number of amides is 1. The van der Waals surface area contributed by atoms with E-state index in [9.17, 15) is 9.18 Å². The summed E-state index contributed by atoms with van der Waals surface area (Å²) in [4.78, 5) is 10.8. The van der Waals surface area contributed by atoms with Crippen LogP contribution in [0.5, 0.6) is 0 Å². The van der Waals surface area contributed by atoms with E-state index in [2.05, 4.69) is 0 Å². The first-order chi connectivity index (χ1) is 5.54. The lowest BCUT2D eigenvalue weighted by Crippen LogP contribution is -2.15. The van der Waals surface area contributed by atoms with E-state index < -0.39 is 11.7 Å². The highest BCUT2D eigenvalue weighted by molar-refractivity contribution is 5.94. The van der Waals surface area contributed by atoms with Gasteiger partial charge in [-0.2, -0.15) is 0 Å². The summed E-state index contributed by atoms with van der Waals surface area (Å²) in [6.45, 7) is 3.25. The first-order valence-electron chi connectivity index (χ1n) is 3.59. The van der Waals surface area contributed by atoms with E-state index >= 15 is 0 Å². The predicted octanol–water partition coefficient (Wildman–Crippen LogP) is 1.54. The summed E-state index contributed by atoms with van der Waals surface area (Å²) in [6, 6.07) is 3.30. The second-order valence-corrected chi connectivity index (χ2v) is 2.75. The van der Waals surface area contributed by atoms with E-state index in [1.54, 1.807) is 26.0 Å². The molecule has 0 bridgehead atoms. The van der Waals surface area contributed by atoms with Gasteiger partial charge in [0.15, 0.2) is 0 Å². The zero-order valence-corrected chi connectivity index (χ0v) is 7.02. The van der Waals surface area contributed by atoms with Crippen LogP contribution in [0.1, 0.15) is 21.5 Å². The van der Waals surface area contributed by atoms with Crippen LogP contribution in [0.3, 0.4) is 0 Å². The third-order valence-electron chi connectivity index (χ3n) is 1.79. The van der Waals surface area contributed by atoms with Gasteiger partial charge in [-0.25, -0.2) is 4.39 Å². The van der Waals surface area contributed by atoms with Crippen molar-refractivity contribution in [3.05, 3.63) is 34.6 Å². The average Bonchev–Trinajstić information content (AvgIpc) is 1.97. The molecule has 0 atom stereocenters. The summed E-state index contributed by atoms with van der Waals surface area (Å²) in [7, 11) is 0. The quantitative estimate of drug-likeness (QED) is 0.677. The van der Waals surface area contributed by atoms with Gasteiger partial charge in [0.05, 0.1) is 5.56 Å². The van der Waals surface area contributed by atoms with Crippen molar-refractivity contribution in [2.45, 2.75) is 13.8 Å². The highest BCUT2D eigenvalue weighted by Gasteiger charge is 2.12. The molecular formula is C9H10FNO. The number of benzene rings is 1. The van der Waals surface area contributed by atoms with Crippen LogP contribution in [0.4, 0.5) is 4.39 Å². The Labute approximate surface area is 70.2 Å². The molecule has 0 aromatic heterocycles. The number of hydrogen-bond donors (Lipinski definition) is 1. The van der Waals surface area contributed by atoms with Crippen molar-refractivity contribution in [2.75, 3.05) is 0 Å². The van der Waals surface area contributed by atoms with Gasteiger partial charge >= 0.3 is 0 Å². The molecule has 1 amide bonds. The van der Waals surface area contributed by atoms with E-state index in [1.807, 2.05) is 0 Å². The lowest BCUT2D eigenvalue weighted by atomic mass is 10.0. The summed E-state index contributed by atoms with van der Waals surface area (Å²) in [6.07, 6.45) is 0. The van der Waals surface area contributed by atoms with Crippen molar-refractivity contribution in [3.63, 3.8) is 0 Å². The molecule has 0 spiro atoms. The Morgan fingerprint density at radius 2 is 1.83 bits per heavy atom. The van der Waals surface area contributed by atoms with Crippen LogP contribution in [0.25, 0.3) is 0 Å². The molecule has 1 rings (SSSR count). The summed E-state index contributed by atoms with van der Waals surface area (Å²) in [5, 5.41) is 0. The van der Waals surface area contributed by atoms with Crippen LogP contribution in [0.2, 0.25) is 0 Å². The van der Waals surface area contributed by atoms with E-state index in [-0.39, 0.29) is 5.56 Å². The summed E-state index contributed by atoms with van der Waals surface area (Å²) < 4.78 is 13.2. The molecule has 64 valence electrons. The van der Waals surface area contributed by atoms with Gasteiger partial charge in [0, 0.05) is 0 Å². The second kappa shape index (κ2) is 2.93. The van der Waals surface area contributed by atoms with Crippen LogP contribution in [0, 0.1) is 19.7 Å². The molecule has 0 radical (unpaired) electrons. The van der Waals surface area contributed by atoms with Gasteiger partial charge in [-0.1, -0.05) is 12.1 Å². The number of rotatable bonds is 1. The van der Waals surface area contributed by atoms with Crippen LogP contribution >= 0.6 is 0 Å². The maximum Gasteiger partial charge on any atom is 0.251 e. The Balaban J connectivity index is 3.43. The Kier molecular flexibility index (Phi) is 2.13. The molecule has 0 aliphatic rings. The molecule has 2 nitrogen and oxygen atoms in total. The lowest BCUT2D eigenvalue weighted by molar-refractivity contribution is 0.0995. The summed E-state index contributed by atoms with van der Waals surface area (Å²) in [5.74, 6) is -1.23. The molecule has 0 unspecified atom stereocenters. The van der Waals surface area contributed by atoms with Gasteiger partial charge in [-0.15, -0.1) is 0 Å². The van der Waals surface area contributed by atoms with E-state index in [4.69, 9.17) is 5.73 Å². The lowest BCUT2D eigenvalue weighted by Gasteiger charge is -2.04. The molecular weight excluding hydrogens is 157 g/mol. The van der Waals surface area contributed by atoms with Crippen LogP contribution in [0.15, 0.2) is 12.1 Å². The molecule has 3 heteroatoms. The molecule has 0 saturated heterocycles. The number of carbonyl (C=O) groups is 1. The molecule has 0 heterocycles. The molecule has 0 fully saturated rings. The van der Waals surface area contributed by atoms with Gasteiger partial charge in [-0.3, -0.25) is 4.79 Å². The van der Waals surface area contributed by atoms with Crippen molar-refractivity contribution in [1.82, 2.24) is 0 Å². The molecule has 12 heavy (non-hydrogen) atoms. The van der Waals surface area contributed by atoms with Crippen LogP contribution < -0.4 is 5.73 Å². The van der Waals surface area contributed by atoms with Gasteiger partial charge in [-0.05, 0) is 25.0 Å². The number of hydrogen-bond acceptors (Lipinski definition) is 1. The maximum absolute atomic E-state index is 13.2. The Bertz CT molecular complexity index is 334. The highest BCUT2D eigenvalue weighted by atomic mass is 19.1. The molecule has 0 saturated carbocycles. The van der Waals surface area contributed by atoms with Gasteiger partial charge in [0.2, 0.25) is 0 Å². The number of nitrogens with two attached hydrogens (primary N) is 1. The SMILES string of the molecule is Cc1ccc(C)c(C(N)=O)c1F. The monoisotopic (exact) mass is 167 g/mol. The van der Waals surface area contributed by atoms with Crippen molar-refractivity contribution in [1.29, 1.82) is 0 Å². The Hall–Kier alpha value is -1.38. The van der Waals surface area contributed by atoms with Crippen molar-refractivity contribution in [2.24, 2.45) is 5.73 Å². The van der Waals surface area contributed by atoms with E-state index in [0.717, 1.165) is 0 Å². The van der Waals surface area contributed by atoms with Crippen molar-refractivity contribution >= 4 is 5.91 Å². The fourth-order valence-corrected chi connectivity index (χ4v) is 1.08. The van der Waals surface area contributed by atoms with Crippen molar-refractivity contribution < 1.29 is 9.18 Å². The largest absolute Gasteiger partial charge is 0.365 e. The normalized spacial score (nSPS) is 9.92. The maximum atomic E-state index is 13.2. The molecule has 0 aliphatic carbocycles. The van der Waals surface area contributed by atoms with Gasteiger partial charge in [0.1, 0.15) is 5.82 Å². The third-order valence-corrected chi connectivity index (χ3v) is 1.79. The third kappa shape index (κ3) is 1.30. The predicted molar refractivity (Wildman–Crippen MR) is 44.4 cm³/mol. The minimum atomic E-state index is -0.714. The number of aryl methyl sites for hydroxylation is 2. The zero-order valence-electron chi connectivity index (χ0n) is 7.02. The molecule has 2 N–H and O–H groups in total. The first-order valence-corrected chi connectivity index (χ1v) is 3.59.